The van der Waals surface area contributed by atoms with Gasteiger partial charge in [-0.05, 0) is 44.3 Å². The number of halogens is 2. The first-order valence-electron chi connectivity index (χ1n) is 5.60. The minimum absolute atomic E-state index is 0.0965. The Morgan fingerprint density at radius 2 is 2.28 bits per heavy atom. The number of carbonyl (C=O) groups excluding carboxylic acids is 1. The molecule has 18 heavy (non-hydrogen) atoms. The van der Waals surface area contributed by atoms with E-state index in [9.17, 15) is 4.79 Å². The van der Waals surface area contributed by atoms with E-state index in [1.165, 1.54) is 11.3 Å². The van der Waals surface area contributed by atoms with Crippen LogP contribution in [0.3, 0.4) is 0 Å². The number of hydrogen-bond donors (Lipinski definition) is 0. The molecule has 2 rings (SSSR count). The molecule has 0 N–H and O–H groups in total. The van der Waals surface area contributed by atoms with Gasteiger partial charge in [0.2, 0.25) is 0 Å². The Morgan fingerprint density at radius 3 is 2.89 bits per heavy atom. The molecule has 0 atom stereocenters. The highest BCUT2D eigenvalue weighted by Crippen LogP contribution is 2.32. The summed E-state index contributed by atoms with van der Waals surface area (Å²) >= 11 is 8.31. The molecule has 2 aromatic rings. The third-order valence-corrected chi connectivity index (χ3v) is 4.89. The van der Waals surface area contributed by atoms with Crippen molar-refractivity contribution in [2.75, 3.05) is 0 Å². The summed E-state index contributed by atoms with van der Waals surface area (Å²) in [6, 6.07) is 1.85. The normalized spacial score (nSPS) is 10.8. The number of thiophene rings is 1. The van der Waals surface area contributed by atoms with E-state index in [4.69, 9.17) is 0 Å². The van der Waals surface area contributed by atoms with Crippen molar-refractivity contribution in [3.63, 3.8) is 0 Å². The maximum atomic E-state index is 12.2. The molecule has 0 aliphatic rings. The number of rotatable bonds is 5. The van der Waals surface area contributed by atoms with Crippen LogP contribution in [0.1, 0.15) is 29.5 Å². The van der Waals surface area contributed by atoms with Gasteiger partial charge >= 0.3 is 0 Å². The zero-order valence-electron chi connectivity index (χ0n) is 9.82. The largest absolute Gasteiger partial charge is 0.327 e. The molecule has 96 valence electrons. The zero-order valence-corrected chi connectivity index (χ0v) is 13.8. The summed E-state index contributed by atoms with van der Waals surface area (Å²) in [5.74, 6) is 1.07. The van der Waals surface area contributed by atoms with E-state index in [1.807, 2.05) is 16.8 Å². The molecule has 0 aliphatic heterocycles. The Kier molecular flexibility index (Phi) is 4.75. The fraction of sp³-hybridized carbons (Fsp3) is 0.333. The molecule has 0 fully saturated rings. The van der Waals surface area contributed by atoms with Gasteiger partial charge in [0, 0.05) is 24.4 Å². The Hall–Kier alpha value is -0.460. The maximum Gasteiger partial charge on any atom is 0.184 e. The smallest absolute Gasteiger partial charge is 0.184 e. The van der Waals surface area contributed by atoms with Crippen molar-refractivity contribution < 1.29 is 4.79 Å². The van der Waals surface area contributed by atoms with Crippen LogP contribution >= 0.6 is 43.2 Å². The Labute approximate surface area is 126 Å². The number of ketones is 1. The molecule has 0 saturated carbocycles. The standard InChI is InChI=1S/C12H12Br2N2OS/c1-2-3-11-15-4-5-16(11)7-9(17)8-6-10(13)18-12(8)14/h4-6H,2-3,7H2,1H3. The maximum absolute atomic E-state index is 12.2. The molecule has 0 bridgehead atoms. The SMILES string of the molecule is CCCc1nccn1CC(=O)c1cc(Br)sc1Br. The molecule has 2 heterocycles. The Bertz CT molecular complexity index is 562. The molecule has 0 spiro atoms. The van der Waals surface area contributed by atoms with Crippen molar-refractivity contribution in [2.45, 2.75) is 26.3 Å². The third-order valence-electron chi connectivity index (χ3n) is 2.55. The number of carbonyl (C=O) groups is 1. The van der Waals surface area contributed by atoms with Crippen LogP contribution in [0.5, 0.6) is 0 Å². The average Bonchev–Trinajstić information content (AvgIpc) is 2.87. The van der Waals surface area contributed by atoms with Crippen molar-refractivity contribution >= 4 is 49.0 Å². The van der Waals surface area contributed by atoms with Crippen LogP contribution in [-0.2, 0) is 13.0 Å². The topological polar surface area (TPSA) is 34.9 Å². The van der Waals surface area contributed by atoms with Gasteiger partial charge in [0.15, 0.2) is 5.78 Å². The van der Waals surface area contributed by atoms with Gasteiger partial charge in [0.1, 0.15) is 5.82 Å². The van der Waals surface area contributed by atoms with Gasteiger partial charge in [-0.25, -0.2) is 4.98 Å². The first-order valence-corrected chi connectivity index (χ1v) is 8.00. The lowest BCUT2D eigenvalue weighted by molar-refractivity contribution is 0.0970. The second-order valence-corrected chi connectivity index (χ2v) is 7.63. The summed E-state index contributed by atoms with van der Waals surface area (Å²) in [4.78, 5) is 16.5. The summed E-state index contributed by atoms with van der Waals surface area (Å²) in [5.41, 5.74) is 0.725. The quantitative estimate of drug-likeness (QED) is 0.712. The molecule has 0 radical (unpaired) electrons. The molecule has 3 nitrogen and oxygen atoms in total. The van der Waals surface area contributed by atoms with E-state index >= 15 is 0 Å². The molecule has 6 heteroatoms. The van der Waals surface area contributed by atoms with Crippen LogP contribution in [0.2, 0.25) is 0 Å². The molecular formula is C12H12Br2N2OS. The molecule has 0 unspecified atom stereocenters. The predicted molar refractivity (Wildman–Crippen MR) is 80.3 cm³/mol. The number of imidazole rings is 1. The van der Waals surface area contributed by atoms with Gasteiger partial charge in [-0.2, -0.15) is 0 Å². The third kappa shape index (κ3) is 3.10. The van der Waals surface area contributed by atoms with Crippen LogP contribution in [0.25, 0.3) is 0 Å². The van der Waals surface area contributed by atoms with Crippen molar-refractivity contribution in [3.8, 4) is 0 Å². The van der Waals surface area contributed by atoms with E-state index in [0.717, 1.165) is 31.8 Å². The second-order valence-electron chi connectivity index (χ2n) is 3.88. The highest BCUT2D eigenvalue weighted by atomic mass is 79.9. The van der Waals surface area contributed by atoms with Gasteiger partial charge in [0.05, 0.1) is 14.1 Å². The second kappa shape index (κ2) is 6.12. The molecule has 0 saturated heterocycles. The van der Waals surface area contributed by atoms with Crippen LogP contribution in [0.15, 0.2) is 26.0 Å². The predicted octanol–water partition coefficient (Wildman–Crippen LogP) is 4.31. The van der Waals surface area contributed by atoms with Gasteiger partial charge in [-0.3, -0.25) is 4.79 Å². The summed E-state index contributed by atoms with van der Waals surface area (Å²) in [6.07, 6.45) is 5.53. The van der Waals surface area contributed by atoms with Gasteiger partial charge in [0.25, 0.3) is 0 Å². The minimum Gasteiger partial charge on any atom is -0.327 e. The average molecular weight is 392 g/mol. The summed E-state index contributed by atoms with van der Waals surface area (Å²) in [7, 11) is 0. The van der Waals surface area contributed by atoms with Crippen molar-refractivity contribution in [1.82, 2.24) is 9.55 Å². The lowest BCUT2D eigenvalue weighted by Crippen LogP contribution is -2.12. The molecule has 0 amide bonds. The first kappa shape index (κ1) is 14.0. The fourth-order valence-corrected chi connectivity index (χ4v) is 4.56. The van der Waals surface area contributed by atoms with Crippen LogP contribution < -0.4 is 0 Å². The number of aryl methyl sites for hydroxylation is 1. The highest BCUT2D eigenvalue weighted by Gasteiger charge is 2.15. The number of Topliss-reactive ketones (excluding diaryl/α,β-unsaturated/α-hetero) is 1. The summed E-state index contributed by atoms with van der Waals surface area (Å²) < 4.78 is 3.75. The monoisotopic (exact) mass is 390 g/mol. The van der Waals surface area contributed by atoms with E-state index in [-0.39, 0.29) is 5.78 Å². The van der Waals surface area contributed by atoms with E-state index in [0.29, 0.717) is 6.54 Å². The van der Waals surface area contributed by atoms with E-state index < -0.39 is 0 Å². The van der Waals surface area contributed by atoms with Crippen molar-refractivity contribution in [1.29, 1.82) is 0 Å². The fourth-order valence-electron chi connectivity index (χ4n) is 1.71. The lowest BCUT2D eigenvalue weighted by Gasteiger charge is -2.05. The first-order chi connectivity index (χ1) is 8.61. The van der Waals surface area contributed by atoms with Gasteiger partial charge in [-0.15, -0.1) is 11.3 Å². The Morgan fingerprint density at radius 1 is 1.50 bits per heavy atom. The molecule has 0 aliphatic carbocycles. The van der Waals surface area contributed by atoms with Crippen LogP contribution in [-0.4, -0.2) is 15.3 Å². The van der Waals surface area contributed by atoms with E-state index in [2.05, 4.69) is 43.8 Å². The number of aromatic nitrogens is 2. The molecule has 2 aromatic heterocycles. The molecular weight excluding hydrogens is 380 g/mol. The lowest BCUT2D eigenvalue weighted by atomic mass is 10.2. The highest BCUT2D eigenvalue weighted by molar-refractivity contribution is 9.12. The minimum atomic E-state index is 0.0965. The summed E-state index contributed by atoms with van der Waals surface area (Å²) in [6.45, 7) is 2.45. The van der Waals surface area contributed by atoms with Gasteiger partial charge in [-0.1, -0.05) is 6.92 Å². The van der Waals surface area contributed by atoms with E-state index in [1.54, 1.807) is 6.20 Å². The van der Waals surface area contributed by atoms with Crippen LogP contribution in [0, 0.1) is 0 Å². The molecule has 0 aromatic carbocycles. The van der Waals surface area contributed by atoms with Gasteiger partial charge < -0.3 is 4.57 Å². The zero-order chi connectivity index (χ0) is 13.1. The summed E-state index contributed by atoms with van der Waals surface area (Å²) in [5, 5.41) is 0. The number of nitrogens with zero attached hydrogens (tertiary/aromatic N) is 2. The Balaban J connectivity index is 2.16. The van der Waals surface area contributed by atoms with Crippen LogP contribution in [0.4, 0.5) is 0 Å². The van der Waals surface area contributed by atoms with Crippen molar-refractivity contribution in [3.05, 3.63) is 37.4 Å². The number of hydrogen-bond acceptors (Lipinski definition) is 3. The van der Waals surface area contributed by atoms with Crippen molar-refractivity contribution in [2.24, 2.45) is 0 Å².